The van der Waals surface area contributed by atoms with E-state index in [1.54, 1.807) is 0 Å². The van der Waals surface area contributed by atoms with E-state index in [1.807, 2.05) is 6.20 Å². The number of halogens is 1. The maximum Gasteiger partial charge on any atom is 0.146 e. The van der Waals surface area contributed by atoms with Crippen molar-refractivity contribution in [3.05, 3.63) is 28.0 Å². The summed E-state index contributed by atoms with van der Waals surface area (Å²) in [4.78, 5) is 4.42. The molecular formula is C17H26BrNSi. The Hall–Kier alpha value is -0.593. The summed E-state index contributed by atoms with van der Waals surface area (Å²) in [6.07, 6.45) is 1.85. The molecule has 3 heteroatoms. The smallest absolute Gasteiger partial charge is 0.146 e. The van der Waals surface area contributed by atoms with Crippen molar-refractivity contribution in [1.82, 2.24) is 4.98 Å². The molecule has 1 nitrogen and oxygen atoms in total. The largest absolute Gasteiger partial charge is 0.247 e. The van der Waals surface area contributed by atoms with E-state index in [2.05, 4.69) is 86.9 Å². The van der Waals surface area contributed by atoms with Crippen molar-refractivity contribution >= 4 is 24.0 Å². The highest BCUT2D eigenvalue weighted by molar-refractivity contribution is 9.10. The zero-order valence-corrected chi connectivity index (χ0v) is 16.3. The van der Waals surface area contributed by atoms with Gasteiger partial charge in [-0.15, -0.1) is 5.54 Å². The van der Waals surface area contributed by atoms with Crippen LogP contribution in [0.5, 0.6) is 0 Å². The zero-order valence-electron chi connectivity index (χ0n) is 13.7. The van der Waals surface area contributed by atoms with Gasteiger partial charge in [0.25, 0.3) is 0 Å². The first kappa shape index (κ1) is 17.5. The fourth-order valence-corrected chi connectivity index (χ4v) is 8.64. The van der Waals surface area contributed by atoms with Crippen molar-refractivity contribution in [2.45, 2.75) is 65.1 Å². The lowest BCUT2D eigenvalue weighted by Crippen LogP contribution is -2.43. The second-order valence-corrected chi connectivity index (χ2v) is 12.9. The topological polar surface area (TPSA) is 12.9 Å². The fraction of sp³-hybridized carbons (Fsp3) is 0.588. The van der Waals surface area contributed by atoms with Crippen LogP contribution in [0.25, 0.3) is 0 Å². The van der Waals surface area contributed by atoms with Gasteiger partial charge in [0.2, 0.25) is 0 Å². The van der Waals surface area contributed by atoms with Gasteiger partial charge in [0.05, 0.1) is 0 Å². The minimum atomic E-state index is -1.65. The van der Waals surface area contributed by atoms with Gasteiger partial charge in [-0.3, -0.25) is 0 Å². The van der Waals surface area contributed by atoms with Crippen LogP contribution in [0.3, 0.4) is 0 Å². The molecular weight excluding hydrogens is 326 g/mol. The van der Waals surface area contributed by atoms with Crippen LogP contribution in [0, 0.1) is 18.4 Å². The van der Waals surface area contributed by atoms with Crippen molar-refractivity contribution < 1.29 is 0 Å². The molecule has 1 aromatic heterocycles. The van der Waals surface area contributed by atoms with Crippen LogP contribution in [-0.2, 0) is 0 Å². The molecule has 1 aromatic rings. The summed E-state index contributed by atoms with van der Waals surface area (Å²) < 4.78 is 1.04. The quantitative estimate of drug-likeness (QED) is 0.501. The van der Waals surface area contributed by atoms with Gasteiger partial charge in [-0.05, 0) is 51.1 Å². The third kappa shape index (κ3) is 3.54. The average Bonchev–Trinajstić information content (AvgIpc) is 2.33. The molecule has 0 unspecified atom stereocenters. The van der Waals surface area contributed by atoms with Gasteiger partial charge in [-0.1, -0.05) is 47.5 Å². The fourth-order valence-electron chi connectivity index (χ4n) is 3.21. The van der Waals surface area contributed by atoms with E-state index in [4.69, 9.17) is 0 Å². The van der Waals surface area contributed by atoms with Crippen molar-refractivity contribution in [1.29, 1.82) is 0 Å². The van der Waals surface area contributed by atoms with Crippen LogP contribution in [0.1, 0.15) is 52.8 Å². The molecule has 0 saturated carbocycles. The zero-order chi connectivity index (χ0) is 15.5. The number of rotatable bonds is 3. The number of hydrogen-bond acceptors (Lipinski definition) is 1. The normalized spacial score (nSPS) is 11.9. The van der Waals surface area contributed by atoms with Crippen LogP contribution < -0.4 is 0 Å². The molecule has 0 aromatic carbocycles. The number of hydrogen-bond donors (Lipinski definition) is 0. The van der Waals surface area contributed by atoms with Gasteiger partial charge in [-0.2, -0.15) is 0 Å². The predicted molar refractivity (Wildman–Crippen MR) is 94.6 cm³/mol. The summed E-state index contributed by atoms with van der Waals surface area (Å²) in [5.41, 5.74) is 7.77. The second kappa shape index (κ2) is 6.91. The Bertz CT molecular complexity index is 502. The molecule has 0 atom stereocenters. The minimum absolute atomic E-state index is 0.659. The maximum atomic E-state index is 4.42. The van der Waals surface area contributed by atoms with Crippen LogP contribution in [0.4, 0.5) is 0 Å². The molecule has 110 valence electrons. The van der Waals surface area contributed by atoms with Crippen molar-refractivity contribution in [2.24, 2.45) is 0 Å². The third-order valence-corrected chi connectivity index (χ3v) is 11.4. The van der Waals surface area contributed by atoms with Crippen LogP contribution in [-0.4, -0.2) is 13.1 Å². The Labute approximate surface area is 133 Å². The molecule has 0 aliphatic carbocycles. The number of aromatic nitrogens is 1. The van der Waals surface area contributed by atoms with E-state index < -0.39 is 8.07 Å². The Kier molecular flexibility index (Phi) is 6.03. The van der Waals surface area contributed by atoms with Gasteiger partial charge in [0.15, 0.2) is 0 Å². The van der Waals surface area contributed by atoms with Gasteiger partial charge in [-0.25, -0.2) is 4.98 Å². The Morgan fingerprint density at radius 1 is 1.05 bits per heavy atom. The van der Waals surface area contributed by atoms with E-state index in [1.165, 1.54) is 5.56 Å². The maximum absolute atomic E-state index is 4.42. The van der Waals surface area contributed by atoms with Crippen LogP contribution in [0.15, 0.2) is 16.7 Å². The first-order valence-electron chi connectivity index (χ1n) is 7.37. The number of pyridine rings is 1. The molecule has 0 spiro atoms. The summed E-state index contributed by atoms with van der Waals surface area (Å²) in [5, 5.41) is 0. The van der Waals surface area contributed by atoms with Gasteiger partial charge in [0, 0.05) is 10.7 Å². The molecule has 0 fully saturated rings. The summed E-state index contributed by atoms with van der Waals surface area (Å²) in [6.45, 7) is 16.1. The summed E-state index contributed by atoms with van der Waals surface area (Å²) in [6, 6.07) is 2.07. The van der Waals surface area contributed by atoms with E-state index >= 15 is 0 Å². The predicted octanol–water partition coefficient (Wildman–Crippen LogP) is 5.72. The average molecular weight is 352 g/mol. The van der Waals surface area contributed by atoms with Crippen LogP contribution in [0.2, 0.25) is 16.6 Å². The van der Waals surface area contributed by atoms with E-state index in [9.17, 15) is 0 Å². The lowest BCUT2D eigenvalue weighted by Gasteiger charge is -2.38. The monoisotopic (exact) mass is 351 g/mol. The number of aryl methyl sites for hydroxylation is 1. The molecule has 0 saturated heterocycles. The standard InChI is InChI=1S/C17H26BrNSi/c1-12(2)20(13(3)4,14(5)6)9-8-16-10-15(7)17(18)11-19-16/h10-14H,1-7H3. The van der Waals surface area contributed by atoms with E-state index in [0.29, 0.717) is 16.6 Å². The van der Waals surface area contributed by atoms with Crippen LogP contribution >= 0.6 is 15.9 Å². The highest BCUT2D eigenvalue weighted by atomic mass is 79.9. The van der Waals surface area contributed by atoms with Gasteiger partial charge in [0.1, 0.15) is 13.8 Å². The Morgan fingerprint density at radius 2 is 1.55 bits per heavy atom. The third-order valence-electron chi connectivity index (χ3n) is 4.32. The molecule has 0 radical (unpaired) electrons. The molecule has 0 amide bonds. The van der Waals surface area contributed by atoms with Gasteiger partial charge >= 0.3 is 0 Å². The molecule has 20 heavy (non-hydrogen) atoms. The second-order valence-electron chi connectivity index (χ2n) is 6.47. The highest BCUT2D eigenvalue weighted by Crippen LogP contribution is 2.40. The lowest BCUT2D eigenvalue weighted by molar-refractivity contribution is 0.838. The summed E-state index contributed by atoms with van der Waals surface area (Å²) >= 11 is 3.49. The molecule has 0 aliphatic rings. The van der Waals surface area contributed by atoms with Crippen molar-refractivity contribution in [3.63, 3.8) is 0 Å². The number of nitrogens with zero attached hydrogens (tertiary/aromatic N) is 1. The van der Waals surface area contributed by atoms with Crippen molar-refractivity contribution in [3.8, 4) is 11.5 Å². The first-order valence-corrected chi connectivity index (χ1v) is 10.4. The molecule has 1 heterocycles. The Balaban J connectivity index is 3.26. The highest BCUT2D eigenvalue weighted by Gasteiger charge is 2.41. The molecule has 0 aliphatic heterocycles. The SMILES string of the molecule is Cc1cc(C#C[Si](C(C)C)(C(C)C)C(C)C)ncc1Br. The summed E-state index contributed by atoms with van der Waals surface area (Å²) in [7, 11) is -1.65. The summed E-state index contributed by atoms with van der Waals surface area (Å²) in [5.74, 6) is 3.38. The minimum Gasteiger partial charge on any atom is -0.247 e. The van der Waals surface area contributed by atoms with E-state index in [0.717, 1.165) is 10.2 Å². The first-order chi connectivity index (χ1) is 9.21. The van der Waals surface area contributed by atoms with E-state index in [-0.39, 0.29) is 0 Å². The molecule has 0 bridgehead atoms. The van der Waals surface area contributed by atoms with Gasteiger partial charge < -0.3 is 0 Å². The molecule has 1 rings (SSSR count). The Morgan fingerprint density at radius 3 is 1.95 bits per heavy atom. The lowest BCUT2D eigenvalue weighted by atomic mass is 10.2. The molecule has 0 N–H and O–H groups in total. The van der Waals surface area contributed by atoms with Crippen molar-refractivity contribution in [2.75, 3.05) is 0 Å².